The lowest BCUT2D eigenvalue weighted by atomic mass is 10.2. The lowest BCUT2D eigenvalue weighted by molar-refractivity contribution is -0.0166. The Labute approximate surface area is 108 Å². The molecule has 0 aliphatic rings. The molecule has 0 saturated heterocycles. The largest absolute Gasteiger partial charge is 0.488 e. The standard InChI is InChI=1S/C14H22FNO2/c1-14(2,3)18-8-7-17-13-6-5-11(10-16-4)9-12(13)15/h5-6,9,16H,7-8,10H2,1-4H3. The van der Waals surface area contributed by atoms with Crippen LogP contribution in [-0.2, 0) is 11.3 Å². The third-order valence-corrected chi connectivity index (χ3v) is 2.25. The molecule has 0 heterocycles. The van der Waals surface area contributed by atoms with Crippen LogP contribution in [0.3, 0.4) is 0 Å². The molecule has 0 aromatic heterocycles. The van der Waals surface area contributed by atoms with Crippen molar-refractivity contribution in [2.24, 2.45) is 0 Å². The zero-order chi connectivity index (χ0) is 13.6. The van der Waals surface area contributed by atoms with Gasteiger partial charge in [0.15, 0.2) is 11.6 Å². The van der Waals surface area contributed by atoms with Crippen molar-refractivity contribution in [2.75, 3.05) is 20.3 Å². The average molecular weight is 255 g/mol. The Balaban J connectivity index is 2.43. The van der Waals surface area contributed by atoms with E-state index in [1.807, 2.05) is 33.9 Å². The second-order valence-electron chi connectivity index (χ2n) is 5.10. The molecule has 1 aromatic carbocycles. The number of benzene rings is 1. The lowest BCUT2D eigenvalue weighted by Crippen LogP contribution is -2.22. The summed E-state index contributed by atoms with van der Waals surface area (Å²) in [6.45, 7) is 7.35. The molecule has 0 amide bonds. The number of nitrogens with one attached hydrogen (secondary N) is 1. The van der Waals surface area contributed by atoms with Crippen molar-refractivity contribution in [3.05, 3.63) is 29.6 Å². The SMILES string of the molecule is CNCc1ccc(OCCOC(C)(C)C)c(F)c1. The minimum absolute atomic E-state index is 0.196. The Kier molecular flexibility index (Phi) is 5.56. The van der Waals surface area contributed by atoms with Crippen molar-refractivity contribution in [1.82, 2.24) is 5.32 Å². The van der Waals surface area contributed by atoms with Gasteiger partial charge in [-0.3, -0.25) is 0 Å². The molecular weight excluding hydrogens is 233 g/mol. The van der Waals surface area contributed by atoms with Crippen molar-refractivity contribution in [1.29, 1.82) is 0 Å². The van der Waals surface area contributed by atoms with Gasteiger partial charge in [0, 0.05) is 6.54 Å². The molecule has 102 valence electrons. The molecule has 0 spiro atoms. The summed E-state index contributed by atoms with van der Waals surface area (Å²) in [5.41, 5.74) is 0.701. The van der Waals surface area contributed by atoms with Crippen molar-refractivity contribution < 1.29 is 13.9 Å². The molecule has 0 saturated carbocycles. The average Bonchev–Trinajstić information content (AvgIpc) is 2.26. The molecule has 18 heavy (non-hydrogen) atoms. The van der Waals surface area contributed by atoms with Crippen LogP contribution in [0.25, 0.3) is 0 Å². The Morgan fingerprint density at radius 3 is 2.50 bits per heavy atom. The molecule has 0 unspecified atom stereocenters. The van der Waals surface area contributed by atoms with Crippen LogP contribution in [0.4, 0.5) is 4.39 Å². The minimum atomic E-state index is -0.335. The van der Waals surface area contributed by atoms with Gasteiger partial charge in [0.1, 0.15) is 6.61 Å². The molecule has 0 fully saturated rings. The summed E-state index contributed by atoms with van der Waals surface area (Å²) in [5.74, 6) is -0.0640. The first kappa shape index (κ1) is 14.9. The molecule has 0 aliphatic carbocycles. The van der Waals surface area contributed by atoms with E-state index in [-0.39, 0.29) is 17.2 Å². The first-order chi connectivity index (χ1) is 8.42. The van der Waals surface area contributed by atoms with Gasteiger partial charge in [-0.05, 0) is 45.5 Å². The normalized spacial score (nSPS) is 11.6. The van der Waals surface area contributed by atoms with Crippen molar-refractivity contribution >= 4 is 0 Å². The predicted molar refractivity (Wildman–Crippen MR) is 70.4 cm³/mol. The van der Waals surface area contributed by atoms with Gasteiger partial charge in [-0.1, -0.05) is 6.07 Å². The molecule has 1 rings (SSSR count). The molecular formula is C14H22FNO2. The second kappa shape index (κ2) is 6.71. The highest BCUT2D eigenvalue weighted by Crippen LogP contribution is 2.18. The summed E-state index contributed by atoms with van der Waals surface area (Å²) in [6.07, 6.45) is 0. The zero-order valence-corrected chi connectivity index (χ0v) is 11.5. The fraction of sp³-hybridized carbons (Fsp3) is 0.571. The van der Waals surface area contributed by atoms with Gasteiger partial charge in [-0.25, -0.2) is 4.39 Å². The topological polar surface area (TPSA) is 30.5 Å². The second-order valence-corrected chi connectivity index (χ2v) is 5.10. The van der Waals surface area contributed by atoms with Crippen LogP contribution in [0, 0.1) is 5.82 Å². The molecule has 1 aromatic rings. The Bertz CT molecular complexity index is 375. The van der Waals surface area contributed by atoms with Gasteiger partial charge >= 0.3 is 0 Å². The number of halogens is 1. The summed E-state index contributed by atoms with van der Waals surface area (Å²) >= 11 is 0. The number of rotatable bonds is 6. The minimum Gasteiger partial charge on any atom is -0.488 e. The summed E-state index contributed by atoms with van der Waals surface area (Å²) in [4.78, 5) is 0. The predicted octanol–water partition coefficient (Wildman–Crippen LogP) is 2.74. The smallest absolute Gasteiger partial charge is 0.165 e. The quantitative estimate of drug-likeness (QED) is 0.793. The summed E-state index contributed by atoms with van der Waals surface area (Å²) < 4.78 is 24.5. The molecule has 4 heteroatoms. The van der Waals surface area contributed by atoms with Crippen LogP contribution in [0.5, 0.6) is 5.75 Å². The van der Waals surface area contributed by atoms with Crippen LogP contribution in [0.15, 0.2) is 18.2 Å². The highest BCUT2D eigenvalue weighted by molar-refractivity contribution is 5.29. The summed E-state index contributed by atoms with van der Waals surface area (Å²) in [7, 11) is 1.83. The molecule has 0 radical (unpaired) electrons. The van der Waals surface area contributed by atoms with Gasteiger partial charge in [-0.2, -0.15) is 0 Å². The van der Waals surface area contributed by atoms with Gasteiger partial charge in [0.05, 0.1) is 12.2 Å². The molecule has 3 nitrogen and oxygen atoms in total. The third-order valence-electron chi connectivity index (χ3n) is 2.25. The van der Waals surface area contributed by atoms with Crippen LogP contribution in [0.2, 0.25) is 0 Å². The van der Waals surface area contributed by atoms with E-state index in [4.69, 9.17) is 9.47 Å². The van der Waals surface area contributed by atoms with Gasteiger partial charge in [0.2, 0.25) is 0 Å². The summed E-state index contributed by atoms with van der Waals surface area (Å²) in [6, 6.07) is 4.98. The highest BCUT2D eigenvalue weighted by atomic mass is 19.1. The van der Waals surface area contributed by atoms with Crippen LogP contribution in [-0.4, -0.2) is 25.9 Å². The monoisotopic (exact) mass is 255 g/mol. The number of hydrogen-bond acceptors (Lipinski definition) is 3. The van der Waals surface area contributed by atoms with Crippen molar-refractivity contribution in [3.8, 4) is 5.75 Å². The molecule has 1 N–H and O–H groups in total. The van der Waals surface area contributed by atoms with Crippen molar-refractivity contribution in [2.45, 2.75) is 32.9 Å². The Morgan fingerprint density at radius 2 is 1.94 bits per heavy atom. The third kappa shape index (κ3) is 5.47. The van der Waals surface area contributed by atoms with E-state index in [2.05, 4.69) is 5.32 Å². The number of hydrogen-bond donors (Lipinski definition) is 1. The molecule has 0 bridgehead atoms. The van der Waals surface area contributed by atoms with Crippen LogP contribution >= 0.6 is 0 Å². The fourth-order valence-corrected chi connectivity index (χ4v) is 1.47. The molecule has 0 atom stereocenters. The fourth-order valence-electron chi connectivity index (χ4n) is 1.47. The van der Waals surface area contributed by atoms with E-state index in [1.165, 1.54) is 6.07 Å². The van der Waals surface area contributed by atoms with Gasteiger partial charge < -0.3 is 14.8 Å². The Morgan fingerprint density at radius 1 is 1.22 bits per heavy atom. The van der Waals surface area contributed by atoms with E-state index in [0.717, 1.165) is 5.56 Å². The molecule has 0 aliphatic heterocycles. The first-order valence-corrected chi connectivity index (χ1v) is 6.12. The zero-order valence-electron chi connectivity index (χ0n) is 11.5. The van der Waals surface area contributed by atoms with E-state index >= 15 is 0 Å². The maximum atomic E-state index is 13.6. The van der Waals surface area contributed by atoms with E-state index < -0.39 is 0 Å². The van der Waals surface area contributed by atoms with Crippen LogP contribution < -0.4 is 10.1 Å². The highest BCUT2D eigenvalue weighted by Gasteiger charge is 2.10. The number of ether oxygens (including phenoxy) is 2. The van der Waals surface area contributed by atoms with Gasteiger partial charge in [-0.15, -0.1) is 0 Å². The van der Waals surface area contributed by atoms with E-state index in [0.29, 0.717) is 19.8 Å². The van der Waals surface area contributed by atoms with Crippen molar-refractivity contribution in [3.63, 3.8) is 0 Å². The summed E-state index contributed by atoms with van der Waals surface area (Å²) in [5, 5.41) is 2.97. The van der Waals surface area contributed by atoms with Crippen LogP contribution in [0.1, 0.15) is 26.3 Å². The van der Waals surface area contributed by atoms with E-state index in [1.54, 1.807) is 6.07 Å². The lowest BCUT2D eigenvalue weighted by Gasteiger charge is -2.19. The van der Waals surface area contributed by atoms with Gasteiger partial charge in [0.25, 0.3) is 0 Å². The first-order valence-electron chi connectivity index (χ1n) is 6.12. The van der Waals surface area contributed by atoms with E-state index in [9.17, 15) is 4.39 Å². The Hall–Kier alpha value is -1.13. The maximum absolute atomic E-state index is 13.6. The maximum Gasteiger partial charge on any atom is 0.165 e.